The second-order valence-corrected chi connectivity index (χ2v) is 4.57. The molecule has 0 aliphatic rings. The molecule has 0 saturated heterocycles. The third-order valence-corrected chi connectivity index (χ3v) is 3.47. The Bertz CT molecular complexity index is 307. The summed E-state index contributed by atoms with van der Waals surface area (Å²) in [6.45, 7) is 6.12. The average Bonchev–Trinajstić information content (AvgIpc) is 2.43. The average molecular weight is 252 g/mol. The van der Waals surface area contributed by atoms with Gasteiger partial charge in [-0.3, -0.25) is 0 Å². The lowest BCUT2D eigenvalue weighted by Gasteiger charge is -2.19. The van der Waals surface area contributed by atoms with Crippen LogP contribution in [0.5, 0.6) is 0 Å². The molecule has 1 aromatic rings. The van der Waals surface area contributed by atoms with Crippen molar-refractivity contribution in [1.82, 2.24) is 0 Å². The molecule has 0 radical (unpaired) electrons. The van der Waals surface area contributed by atoms with Crippen LogP contribution in [-0.4, -0.2) is 21.3 Å². The SMILES string of the molecule is CO[C@H](C)c1cc([C@@H](C)OC)cc([C@@H](C)OC)c1. The first-order valence-corrected chi connectivity index (χ1v) is 6.26. The lowest BCUT2D eigenvalue weighted by molar-refractivity contribution is 0.109. The van der Waals surface area contributed by atoms with E-state index >= 15 is 0 Å². The quantitative estimate of drug-likeness (QED) is 0.770. The molecule has 3 nitrogen and oxygen atoms in total. The van der Waals surface area contributed by atoms with E-state index in [1.165, 1.54) is 0 Å². The maximum atomic E-state index is 5.39. The molecule has 0 aliphatic carbocycles. The molecular weight excluding hydrogens is 228 g/mol. The van der Waals surface area contributed by atoms with Crippen LogP contribution in [0.1, 0.15) is 55.8 Å². The predicted octanol–water partition coefficient (Wildman–Crippen LogP) is 3.81. The van der Waals surface area contributed by atoms with Crippen LogP contribution in [0.2, 0.25) is 0 Å². The number of benzene rings is 1. The molecule has 18 heavy (non-hydrogen) atoms. The lowest BCUT2D eigenvalue weighted by Crippen LogP contribution is -2.05. The van der Waals surface area contributed by atoms with E-state index in [-0.39, 0.29) is 18.3 Å². The Kier molecular flexibility index (Phi) is 5.79. The third-order valence-electron chi connectivity index (χ3n) is 3.47. The summed E-state index contributed by atoms with van der Waals surface area (Å²) in [5.41, 5.74) is 3.45. The Balaban J connectivity index is 3.19. The van der Waals surface area contributed by atoms with Crippen molar-refractivity contribution in [3.05, 3.63) is 34.9 Å². The molecule has 1 aromatic carbocycles. The van der Waals surface area contributed by atoms with Gasteiger partial charge in [-0.25, -0.2) is 0 Å². The minimum atomic E-state index is 0.0665. The molecule has 3 atom stereocenters. The van der Waals surface area contributed by atoms with Crippen molar-refractivity contribution >= 4 is 0 Å². The zero-order valence-corrected chi connectivity index (χ0v) is 12.2. The van der Waals surface area contributed by atoms with Crippen LogP contribution in [0, 0.1) is 0 Å². The van der Waals surface area contributed by atoms with Gasteiger partial charge in [0, 0.05) is 21.3 Å². The maximum absolute atomic E-state index is 5.39. The van der Waals surface area contributed by atoms with E-state index in [4.69, 9.17) is 14.2 Å². The van der Waals surface area contributed by atoms with Crippen LogP contribution in [-0.2, 0) is 14.2 Å². The fourth-order valence-electron chi connectivity index (χ4n) is 1.81. The van der Waals surface area contributed by atoms with Crippen molar-refractivity contribution in [2.24, 2.45) is 0 Å². The van der Waals surface area contributed by atoms with Gasteiger partial charge in [-0.1, -0.05) is 18.2 Å². The van der Waals surface area contributed by atoms with E-state index in [1.54, 1.807) is 21.3 Å². The summed E-state index contributed by atoms with van der Waals surface area (Å²) < 4.78 is 16.2. The molecule has 0 fully saturated rings. The predicted molar refractivity (Wildman–Crippen MR) is 72.7 cm³/mol. The molecule has 0 heterocycles. The molecule has 0 aromatic heterocycles. The fourth-order valence-corrected chi connectivity index (χ4v) is 1.81. The van der Waals surface area contributed by atoms with Crippen molar-refractivity contribution in [3.8, 4) is 0 Å². The van der Waals surface area contributed by atoms with E-state index < -0.39 is 0 Å². The standard InChI is InChI=1S/C15H24O3/c1-10(16-4)13-7-14(11(2)17-5)9-15(8-13)12(3)18-6/h7-12H,1-6H3/t10-,11-,12-/m1/s1. The van der Waals surface area contributed by atoms with Crippen LogP contribution in [0.3, 0.4) is 0 Å². The minimum absolute atomic E-state index is 0.0665. The molecule has 3 heteroatoms. The lowest BCUT2D eigenvalue weighted by atomic mass is 9.97. The summed E-state index contributed by atoms with van der Waals surface area (Å²) in [5, 5.41) is 0. The number of methoxy groups -OCH3 is 3. The second-order valence-electron chi connectivity index (χ2n) is 4.57. The van der Waals surface area contributed by atoms with Crippen molar-refractivity contribution < 1.29 is 14.2 Å². The zero-order valence-electron chi connectivity index (χ0n) is 12.2. The summed E-state index contributed by atoms with van der Waals surface area (Å²) in [6, 6.07) is 6.40. The third kappa shape index (κ3) is 3.55. The van der Waals surface area contributed by atoms with Crippen molar-refractivity contribution in [1.29, 1.82) is 0 Å². The molecule has 0 bridgehead atoms. The highest BCUT2D eigenvalue weighted by atomic mass is 16.5. The van der Waals surface area contributed by atoms with Gasteiger partial charge in [0.1, 0.15) is 0 Å². The minimum Gasteiger partial charge on any atom is -0.377 e. The number of ether oxygens (including phenoxy) is 3. The van der Waals surface area contributed by atoms with Gasteiger partial charge in [0.05, 0.1) is 18.3 Å². The molecule has 0 amide bonds. The number of hydrogen-bond acceptors (Lipinski definition) is 3. The van der Waals surface area contributed by atoms with Crippen LogP contribution in [0.15, 0.2) is 18.2 Å². The van der Waals surface area contributed by atoms with Crippen molar-refractivity contribution in [3.63, 3.8) is 0 Å². The molecule has 0 saturated carbocycles. The van der Waals surface area contributed by atoms with Gasteiger partial charge in [-0.05, 0) is 37.5 Å². The Morgan fingerprint density at radius 1 is 0.611 bits per heavy atom. The van der Waals surface area contributed by atoms with Crippen LogP contribution >= 0.6 is 0 Å². The Morgan fingerprint density at radius 3 is 1.00 bits per heavy atom. The Labute approximate surface area is 110 Å². The smallest absolute Gasteiger partial charge is 0.0793 e. The summed E-state index contributed by atoms with van der Waals surface area (Å²) in [6.07, 6.45) is 0.199. The molecule has 0 N–H and O–H groups in total. The largest absolute Gasteiger partial charge is 0.377 e. The van der Waals surface area contributed by atoms with Crippen molar-refractivity contribution in [2.75, 3.05) is 21.3 Å². The summed E-state index contributed by atoms with van der Waals surface area (Å²) >= 11 is 0. The van der Waals surface area contributed by atoms with Gasteiger partial charge in [0.15, 0.2) is 0 Å². The second kappa shape index (κ2) is 6.88. The van der Waals surface area contributed by atoms with E-state index in [0.29, 0.717) is 0 Å². The summed E-state index contributed by atoms with van der Waals surface area (Å²) in [4.78, 5) is 0. The highest BCUT2D eigenvalue weighted by molar-refractivity contribution is 5.33. The zero-order chi connectivity index (χ0) is 13.7. The molecule has 0 aliphatic heterocycles. The highest BCUT2D eigenvalue weighted by Gasteiger charge is 2.14. The van der Waals surface area contributed by atoms with Gasteiger partial charge >= 0.3 is 0 Å². The molecule has 102 valence electrons. The van der Waals surface area contributed by atoms with Gasteiger partial charge < -0.3 is 14.2 Å². The van der Waals surface area contributed by atoms with Crippen LogP contribution in [0.25, 0.3) is 0 Å². The van der Waals surface area contributed by atoms with E-state index in [0.717, 1.165) is 16.7 Å². The van der Waals surface area contributed by atoms with Gasteiger partial charge in [0.2, 0.25) is 0 Å². The highest BCUT2D eigenvalue weighted by Crippen LogP contribution is 2.28. The normalized spacial score (nSPS) is 16.3. The Hall–Kier alpha value is -0.900. The fraction of sp³-hybridized carbons (Fsp3) is 0.600. The first kappa shape index (κ1) is 15.2. The Morgan fingerprint density at radius 2 is 0.833 bits per heavy atom. The maximum Gasteiger partial charge on any atom is 0.0793 e. The summed E-state index contributed by atoms with van der Waals surface area (Å²) in [7, 11) is 5.16. The van der Waals surface area contributed by atoms with E-state index in [1.807, 2.05) is 20.8 Å². The monoisotopic (exact) mass is 252 g/mol. The molecular formula is C15H24O3. The van der Waals surface area contributed by atoms with Crippen molar-refractivity contribution in [2.45, 2.75) is 39.1 Å². The van der Waals surface area contributed by atoms with Gasteiger partial charge in [0.25, 0.3) is 0 Å². The topological polar surface area (TPSA) is 27.7 Å². The number of hydrogen-bond donors (Lipinski definition) is 0. The van der Waals surface area contributed by atoms with Crippen LogP contribution in [0.4, 0.5) is 0 Å². The number of rotatable bonds is 6. The van der Waals surface area contributed by atoms with Crippen LogP contribution < -0.4 is 0 Å². The molecule has 0 unspecified atom stereocenters. The first-order chi connectivity index (χ1) is 8.53. The molecule has 1 rings (SSSR count). The van der Waals surface area contributed by atoms with E-state index in [9.17, 15) is 0 Å². The molecule has 0 spiro atoms. The van der Waals surface area contributed by atoms with Gasteiger partial charge in [-0.2, -0.15) is 0 Å². The van der Waals surface area contributed by atoms with E-state index in [2.05, 4.69) is 18.2 Å². The first-order valence-electron chi connectivity index (χ1n) is 6.26. The summed E-state index contributed by atoms with van der Waals surface area (Å²) in [5.74, 6) is 0. The van der Waals surface area contributed by atoms with Gasteiger partial charge in [-0.15, -0.1) is 0 Å².